The van der Waals surface area contributed by atoms with Gasteiger partial charge in [0.15, 0.2) is 23.4 Å². The molecule has 1 fully saturated rings. The van der Waals surface area contributed by atoms with Gasteiger partial charge in [-0.1, -0.05) is 30.3 Å². The fourth-order valence-electron chi connectivity index (χ4n) is 4.54. The lowest BCUT2D eigenvalue weighted by Gasteiger charge is -2.26. The van der Waals surface area contributed by atoms with Crippen molar-refractivity contribution < 1.29 is 35.1 Å². The summed E-state index contributed by atoms with van der Waals surface area (Å²) in [5, 5.41) is 6.18. The predicted molar refractivity (Wildman–Crippen MR) is 151 cm³/mol. The van der Waals surface area contributed by atoms with E-state index in [2.05, 4.69) is 25.6 Å². The number of fused-ring (bicyclic) bond motifs is 1. The van der Waals surface area contributed by atoms with Crippen molar-refractivity contribution in [1.82, 2.24) is 20.3 Å². The molecule has 228 valence electrons. The summed E-state index contributed by atoms with van der Waals surface area (Å²) in [5.74, 6) is -3.79. The van der Waals surface area contributed by atoms with Gasteiger partial charge in [0.05, 0.1) is 11.4 Å². The molecule has 0 bridgehead atoms. The van der Waals surface area contributed by atoms with E-state index in [1.165, 1.54) is 12.3 Å². The van der Waals surface area contributed by atoms with Crippen LogP contribution in [-0.4, -0.2) is 61.2 Å². The Balaban J connectivity index is 1.48. The minimum Gasteiger partial charge on any atom is -0.468 e. The number of hydrogen-bond acceptors (Lipinski definition) is 8. The molecule has 43 heavy (non-hydrogen) atoms. The summed E-state index contributed by atoms with van der Waals surface area (Å²) in [5.41, 5.74) is -0.798. The van der Waals surface area contributed by atoms with Crippen molar-refractivity contribution in [3.8, 4) is 17.0 Å². The third-order valence-corrected chi connectivity index (χ3v) is 7.90. The summed E-state index contributed by atoms with van der Waals surface area (Å²) in [6.45, 7) is 1.79. The highest BCUT2D eigenvalue weighted by molar-refractivity contribution is 7.91. The van der Waals surface area contributed by atoms with Crippen LogP contribution in [0.15, 0.2) is 54.7 Å². The molecule has 4 aromatic rings. The largest absolute Gasteiger partial charge is 0.468 e. The van der Waals surface area contributed by atoms with E-state index in [-0.39, 0.29) is 41.6 Å². The van der Waals surface area contributed by atoms with Crippen LogP contribution < -0.4 is 20.1 Å². The fourth-order valence-corrected chi connectivity index (χ4v) is 5.74. The number of nitrogens with one attached hydrogen (secondary N) is 3. The second-order valence-electron chi connectivity index (χ2n) is 10.1. The van der Waals surface area contributed by atoms with E-state index in [0.717, 1.165) is 19.1 Å². The highest BCUT2D eigenvalue weighted by Gasteiger charge is 2.26. The Kier molecular flexibility index (Phi) is 8.92. The number of benzene rings is 2. The molecular weight excluding hydrogens is 595 g/mol. The molecule has 0 aliphatic carbocycles. The molecule has 3 N–H and O–H groups in total. The summed E-state index contributed by atoms with van der Waals surface area (Å²) in [6, 6.07) is 11.2. The molecule has 0 saturated carbocycles. The van der Waals surface area contributed by atoms with Crippen LogP contribution >= 0.6 is 0 Å². The van der Waals surface area contributed by atoms with E-state index in [1.807, 2.05) is 4.72 Å². The average molecular weight is 623 g/mol. The number of ether oxygens (including phenoxy) is 1. The van der Waals surface area contributed by atoms with Crippen molar-refractivity contribution in [3.05, 3.63) is 71.9 Å². The number of pyridine rings is 1. The first-order valence-corrected chi connectivity index (χ1v) is 14.9. The number of rotatable bonds is 10. The van der Waals surface area contributed by atoms with E-state index in [0.29, 0.717) is 12.1 Å². The first kappa shape index (κ1) is 30.4. The molecule has 0 radical (unpaired) electrons. The van der Waals surface area contributed by atoms with Crippen LogP contribution in [0.3, 0.4) is 0 Å². The number of hydrogen-bond donors (Lipinski definition) is 3. The van der Waals surface area contributed by atoms with E-state index in [1.54, 1.807) is 30.3 Å². The van der Waals surface area contributed by atoms with Gasteiger partial charge in [0.25, 0.3) is 6.43 Å². The number of halogens is 5. The van der Waals surface area contributed by atoms with Crippen molar-refractivity contribution in [2.75, 3.05) is 23.1 Å². The van der Waals surface area contributed by atoms with Crippen LogP contribution in [0.2, 0.25) is 0 Å². The third kappa shape index (κ3) is 7.28. The average Bonchev–Trinajstić information content (AvgIpc) is 2.95. The molecule has 2 aromatic heterocycles. The van der Waals surface area contributed by atoms with Gasteiger partial charge in [-0.25, -0.2) is 35.4 Å². The number of alkyl halides is 3. The van der Waals surface area contributed by atoms with E-state index >= 15 is 8.78 Å². The highest BCUT2D eigenvalue weighted by Crippen LogP contribution is 2.37. The van der Waals surface area contributed by atoms with E-state index in [9.17, 15) is 21.6 Å². The molecule has 1 aliphatic heterocycles. The highest BCUT2D eigenvalue weighted by atomic mass is 32.2. The van der Waals surface area contributed by atoms with E-state index in [4.69, 9.17) is 4.74 Å². The standard InChI is InChI=1S/C28H27F5N6O3S/c1-15(25(32)33)42-27-21(9-17-11-35-28(38-26(17)37-27)36-19-10-18(29)12-34-13-19)20-7-8-22(24(31)23(20)30)39-43(40,41)14-16-5-3-2-4-6-16/h2-9,11,15,18-19,25,34,39H,10,12-14H2,1H3,(H,35,36,37,38)/t15?,18-,19-/m0/s1. The second-order valence-corrected chi connectivity index (χ2v) is 11.8. The number of piperidine rings is 1. The second kappa shape index (κ2) is 12.6. The van der Waals surface area contributed by atoms with Gasteiger partial charge in [-0.2, -0.15) is 9.97 Å². The van der Waals surface area contributed by atoms with Crippen LogP contribution in [0.1, 0.15) is 18.9 Å². The molecule has 9 nitrogen and oxygen atoms in total. The molecule has 1 unspecified atom stereocenters. The van der Waals surface area contributed by atoms with Gasteiger partial charge in [0, 0.05) is 48.3 Å². The van der Waals surface area contributed by atoms with Crippen LogP contribution in [0.25, 0.3) is 22.2 Å². The van der Waals surface area contributed by atoms with Gasteiger partial charge < -0.3 is 15.4 Å². The Morgan fingerprint density at radius 1 is 1.05 bits per heavy atom. The first-order valence-electron chi connectivity index (χ1n) is 13.3. The van der Waals surface area contributed by atoms with Crippen LogP contribution in [-0.2, 0) is 15.8 Å². The van der Waals surface area contributed by atoms with E-state index < -0.39 is 63.2 Å². The van der Waals surface area contributed by atoms with Crippen LogP contribution in [0, 0.1) is 11.6 Å². The topological polar surface area (TPSA) is 118 Å². The maximum Gasteiger partial charge on any atom is 0.274 e. The molecule has 0 amide bonds. The van der Waals surface area contributed by atoms with Gasteiger partial charge in [0.1, 0.15) is 6.17 Å². The molecule has 0 spiro atoms. The Labute approximate surface area is 244 Å². The Morgan fingerprint density at radius 3 is 2.53 bits per heavy atom. The van der Waals surface area contributed by atoms with Gasteiger partial charge in [-0.15, -0.1) is 0 Å². The Bertz CT molecular complexity index is 1710. The first-order chi connectivity index (χ1) is 20.5. The van der Waals surface area contributed by atoms with Gasteiger partial charge in [-0.3, -0.25) is 4.72 Å². The van der Waals surface area contributed by atoms with Crippen molar-refractivity contribution in [1.29, 1.82) is 0 Å². The summed E-state index contributed by atoms with van der Waals surface area (Å²) in [4.78, 5) is 12.7. The number of aromatic nitrogens is 3. The number of nitrogens with zero attached hydrogens (tertiary/aromatic N) is 3. The lowest BCUT2D eigenvalue weighted by molar-refractivity contribution is 0.0206. The molecule has 5 rings (SSSR count). The zero-order chi connectivity index (χ0) is 30.7. The van der Waals surface area contributed by atoms with Crippen molar-refractivity contribution in [3.63, 3.8) is 0 Å². The molecule has 3 heterocycles. The number of sulfonamides is 1. The lowest BCUT2D eigenvalue weighted by atomic mass is 10.0. The van der Waals surface area contributed by atoms with Crippen LogP contribution in [0.4, 0.5) is 33.6 Å². The SMILES string of the molecule is CC(Oc1nc2nc(N[C@@H]3CNC[C@@H](F)C3)ncc2cc1-c1ccc(NS(=O)(=O)Cc2ccccc2)c(F)c1F)C(F)F. The van der Waals surface area contributed by atoms with Gasteiger partial charge in [0.2, 0.25) is 21.9 Å². The minimum atomic E-state index is -4.11. The molecular formula is C28H27F5N6O3S. The Morgan fingerprint density at radius 2 is 1.81 bits per heavy atom. The number of anilines is 2. The summed E-state index contributed by atoms with van der Waals surface area (Å²) in [7, 11) is -4.11. The van der Waals surface area contributed by atoms with Crippen LogP contribution in [0.5, 0.6) is 5.88 Å². The van der Waals surface area contributed by atoms with Gasteiger partial charge in [-0.05, 0) is 30.7 Å². The zero-order valence-electron chi connectivity index (χ0n) is 22.7. The summed E-state index contributed by atoms with van der Waals surface area (Å²) >= 11 is 0. The molecule has 1 saturated heterocycles. The molecule has 2 aromatic carbocycles. The van der Waals surface area contributed by atoms with Crippen molar-refractivity contribution in [2.24, 2.45) is 0 Å². The van der Waals surface area contributed by atoms with Crippen molar-refractivity contribution in [2.45, 2.75) is 43.8 Å². The predicted octanol–water partition coefficient (Wildman–Crippen LogP) is 5.06. The fraction of sp³-hybridized carbons (Fsp3) is 0.321. The smallest absolute Gasteiger partial charge is 0.274 e. The maximum absolute atomic E-state index is 15.5. The normalized spacial score (nSPS) is 18.0. The monoisotopic (exact) mass is 622 g/mol. The maximum atomic E-state index is 15.5. The molecule has 3 atom stereocenters. The lowest BCUT2D eigenvalue weighted by Crippen LogP contribution is -2.44. The van der Waals surface area contributed by atoms with Crippen molar-refractivity contribution >= 4 is 32.7 Å². The molecule has 15 heteroatoms. The quantitative estimate of drug-likeness (QED) is 0.210. The van der Waals surface area contributed by atoms with Gasteiger partial charge >= 0.3 is 0 Å². The summed E-state index contributed by atoms with van der Waals surface area (Å²) < 4.78 is 104. The minimum absolute atomic E-state index is 0.00413. The molecule has 1 aliphatic rings. The Hall–Kier alpha value is -4.11. The third-order valence-electron chi connectivity index (χ3n) is 6.65. The zero-order valence-corrected chi connectivity index (χ0v) is 23.5. The summed E-state index contributed by atoms with van der Waals surface area (Å²) in [6.07, 6.45) is -4.09.